The van der Waals surface area contributed by atoms with Gasteiger partial charge in [-0.05, 0) is 19.2 Å². The second-order valence-electron chi connectivity index (χ2n) is 1.03. The van der Waals surface area contributed by atoms with Crippen LogP contribution in [0.2, 0.25) is 0 Å². The van der Waals surface area contributed by atoms with E-state index in [0.717, 1.165) is 4.48 Å². The maximum absolute atomic E-state index is 5.05. The largest absolute Gasteiger partial charge is 0.405 e. The zero-order valence-electron chi connectivity index (χ0n) is 6.19. The van der Waals surface area contributed by atoms with Crippen molar-refractivity contribution < 1.29 is 0 Å². The third-order valence-electron chi connectivity index (χ3n) is 0.531. The van der Waals surface area contributed by atoms with E-state index < -0.39 is 0 Å². The molecule has 2 heteroatoms. The fourth-order valence-corrected chi connectivity index (χ4v) is 0.341. The Hall–Kier alpha value is -0.240. The van der Waals surface area contributed by atoms with Crippen molar-refractivity contribution in [1.29, 1.82) is 0 Å². The van der Waals surface area contributed by atoms with Gasteiger partial charge in [-0.3, -0.25) is 0 Å². The fraction of sp³-hybridized carbons (Fsp3) is 0.429. The molecule has 1 nitrogen and oxygen atoms in total. The van der Waals surface area contributed by atoms with Crippen molar-refractivity contribution in [3.05, 3.63) is 22.8 Å². The van der Waals surface area contributed by atoms with E-state index in [4.69, 9.17) is 5.73 Å². The molecule has 0 amide bonds. The summed E-state index contributed by atoms with van der Waals surface area (Å²) in [7, 11) is 0. The lowest BCUT2D eigenvalue weighted by Gasteiger charge is -1.78. The van der Waals surface area contributed by atoms with Crippen molar-refractivity contribution in [2.45, 2.75) is 20.8 Å². The number of rotatable bonds is 1. The molecule has 0 aromatic heterocycles. The summed E-state index contributed by atoms with van der Waals surface area (Å²) in [4.78, 5) is 0. The molecule has 0 aromatic carbocycles. The minimum atomic E-state index is 1.01. The van der Waals surface area contributed by atoms with E-state index in [-0.39, 0.29) is 0 Å². The Morgan fingerprint density at radius 1 is 1.44 bits per heavy atom. The molecule has 0 radical (unpaired) electrons. The van der Waals surface area contributed by atoms with Crippen molar-refractivity contribution in [1.82, 2.24) is 0 Å². The van der Waals surface area contributed by atoms with Gasteiger partial charge in [-0.25, -0.2) is 0 Å². The normalized spacial score (nSPS) is 10.9. The first kappa shape index (κ1) is 11.5. The molecule has 0 heterocycles. The Morgan fingerprint density at radius 3 is 2.00 bits per heavy atom. The zero-order valence-corrected chi connectivity index (χ0v) is 7.77. The van der Waals surface area contributed by atoms with Gasteiger partial charge in [0.2, 0.25) is 0 Å². The quantitative estimate of drug-likeness (QED) is 0.635. The molecule has 0 aliphatic heterocycles. The van der Waals surface area contributed by atoms with Crippen molar-refractivity contribution in [3.8, 4) is 0 Å². The summed E-state index contributed by atoms with van der Waals surface area (Å²) in [6.07, 6.45) is 5.19. The van der Waals surface area contributed by atoms with Gasteiger partial charge in [0.1, 0.15) is 0 Å². The molecule has 0 aromatic rings. The van der Waals surface area contributed by atoms with Crippen molar-refractivity contribution in [2.75, 3.05) is 0 Å². The van der Waals surface area contributed by atoms with E-state index in [2.05, 4.69) is 15.9 Å². The Morgan fingerprint density at radius 2 is 1.89 bits per heavy atom. The van der Waals surface area contributed by atoms with Crippen molar-refractivity contribution in [2.24, 2.45) is 5.73 Å². The van der Waals surface area contributed by atoms with Crippen LogP contribution in [0.5, 0.6) is 0 Å². The highest BCUT2D eigenvalue weighted by Crippen LogP contribution is 2.03. The lowest BCUT2D eigenvalue weighted by molar-refractivity contribution is 1.50. The molecule has 0 fully saturated rings. The number of nitrogens with two attached hydrogens (primary N) is 1. The van der Waals surface area contributed by atoms with Gasteiger partial charge in [0, 0.05) is 4.48 Å². The van der Waals surface area contributed by atoms with E-state index >= 15 is 0 Å². The molecule has 2 N–H and O–H groups in total. The molecular formula is C7H14BrN. The van der Waals surface area contributed by atoms with Crippen LogP contribution in [0.3, 0.4) is 0 Å². The molecule has 0 spiro atoms. The first-order valence-corrected chi connectivity index (χ1v) is 3.80. The van der Waals surface area contributed by atoms with E-state index in [1.807, 2.05) is 26.8 Å². The second-order valence-corrected chi connectivity index (χ2v) is 1.95. The van der Waals surface area contributed by atoms with Crippen molar-refractivity contribution >= 4 is 15.9 Å². The molecule has 0 saturated carbocycles. The van der Waals surface area contributed by atoms with Crippen LogP contribution in [-0.4, -0.2) is 0 Å². The van der Waals surface area contributed by atoms with Gasteiger partial charge in [-0.15, -0.1) is 0 Å². The monoisotopic (exact) mass is 191 g/mol. The van der Waals surface area contributed by atoms with Gasteiger partial charge < -0.3 is 5.73 Å². The summed E-state index contributed by atoms with van der Waals surface area (Å²) in [6.45, 7) is 5.93. The Balaban J connectivity index is 0. The number of hydrogen-bond acceptors (Lipinski definition) is 1. The highest BCUT2D eigenvalue weighted by atomic mass is 79.9. The van der Waals surface area contributed by atoms with Crippen molar-refractivity contribution in [3.63, 3.8) is 0 Å². The van der Waals surface area contributed by atoms with E-state index in [1.165, 1.54) is 6.20 Å². The number of hydrogen-bond donors (Lipinski definition) is 1. The topological polar surface area (TPSA) is 26.0 Å². The molecule has 0 aliphatic rings. The summed E-state index contributed by atoms with van der Waals surface area (Å²) < 4.78 is 1.01. The van der Waals surface area contributed by atoms with Gasteiger partial charge in [-0.1, -0.05) is 35.9 Å². The third kappa shape index (κ3) is 11.4. The summed E-state index contributed by atoms with van der Waals surface area (Å²) in [5, 5.41) is 0. The average molecular weight is 192 g/mol. The Bertz CT molecular complexity index is 95.1. The summed E-state index contributed by atoms with van der Waals surface area (Å²) in [5.41, 5.74) is 5.05. The first-order valence-electron chi connectivity index (χ1n) is 3.01. The predicted molar refractivity (Wildman–Crippen MR) is 47.4 cm³/mol. The smallest absolute Gasteiger partial charge is 0.0146 e. The minimum Gasteiger partial charge on any atom is -0.405 e. The minimum absolute atomic E-state index is 1.01. The van der Waals surface area contributed by atoms with Crippen LogP contribution in [0.4, 0.5) is 0 Å². The molecular weight excluding hydrogens is 178 g/mol. The molecule has 0 atom stereocenters. The second kappa shape index (κ2) is 10.7. The molecule has 0 rings (SSSR count). The van der Waals surface area contributed by atoms with Gasteiger partial charge in [0.05, 0.1) is 0 Å². The van der Waals surface area contributed by atoms with Gasteiger partial charge in [-0.2, -0.15) is 0 Å². The van der Waals surface area contributed by atoms with Gasteiger partial charge in [0.25, 0.3) is 0 Å². The number of allylic oxidation sites excluding steroid dienone is 3. The molecule has 0 saturated heterocycles. The van der Waals surface area contributed by atoms with Crippen LogP contribution in [0.15, 0.2) is 22.8 Å². The molecule has 0 unspecified atom stereocenters. The first-order chi connectivity index (χ1) is 4.31. The fourth-order valence-electron chi connectivity index (χ4n) is 0.188. The maximum Gasteiger partial charge on any atom is 0.0146 e. The number of halogens is 1. The SMILES string of the molecule is C/C=C(Br)\C=C/N.CC. The average Bonchev–Trinajstić information content (AvgIpc) is 1.93. The lowest BCUT2D eigenvalue weighted by atomic mass is 10.5. The van der Waals surface area contributed by atoms with E-state index in [1.54, 1.807) is 6.08 Å². The highest BCUT2D eigenvalue weighted by Gasteiger charge is 1.72. The zero-order chi connectivity index (χ0) is 7.70. The predicted octanol–water partition coefficient (Wildman–Crippen LogP) is 2.78. The lowest BCUT2D eigenvalue weighted by Crippen LogP contribution is -1.73. The molecule has 54 valence electrons. The summed E-state index contributed by atoms with van der Waals surface area (Å²) in [5.74, 6) is 0. The van der Waals surface area contributed by atoms with E-state index in [0.29, 0.717) is 0 Å². The third-order valence-corrected chi connectivity index (χ3v) is 1.25. The molecule has 9 heavy (non-hydrogen) atoms. The van der Waals surface area contributed by atoms with Crippen LogP contribution in [0, 0.1) is 0 Å². The maximum atomic E-state index is 5.05. The van der Waals surface area contributed by atoms with Crippen LogP contribution in [0.1, 0.15) is 20.8 Å². The van der Waals surface area contributed by atoms with Gasteiger partial charge >= 0.3 is 0 Å². The Kier molecular flexibility index (Phi) is 13.7. The Labute approximate surface area is 65.8 Å². The van der Waals surface area contributed by atoms with E-state index in [9.17, 15) is 0 Å². The van der Waals surface area contributed by atoms with Gasteiger partial charge in [0.15, 0.2) is 0 Å². The van der Waals surface area contributed by atoms with Crippen LogP contribution in [0.25, 0.3) is 0 Å². The van der Waals surface area contributed by atoms with Crippen LogP contribution in [-0.2, 0) is 0 Å². The summed E-state index contributed by atoms with van der Waals surface area (Å²) >= 11 is 3.23. The molecule has 0 aliphatic carbocycles. The summed E-state index contributed by atoms with van der Waals surface area (Å²) in [6, 6.07) is 0. The highest BCUT2D eigenvalue weighted by molar-refractivity contribution is 9.11. The standard InChI is InChI=1S/C5H8BrN.C2H6/c1-2-5(6)3-4-7;1-2/h2-4H,7H2,1H3;1-2H3/b4-3-,5-2+;. The van der Waals surface area contributed by atoms with Crippen LogP contribution < -0.4 is 5.73 Å². The van der Waals surface area contributed by atoms with Crippen LogP contribution >= 0.6 is 15.9 Å². The molecule has 0 bridgehead atoms.